The third-order valence-electron chi connectivity index (χ3n) is 11.4. The van der Waals surface area contributed by atoms with Gasteiger partial charge in [0, 0.05) is 68.8 Å². The summed E-state index contributed by atoms with van der Waals surface area (Å²) in [5.74, 6) is -2.31. The maximum atomic E-state index is 14.0. The average molecular weight is 763 g/mol. The van der Waals surface area contributed by atoms with E-state index in [-0.39, 0.29) is 23.7 Å². The lowest BCUT2D eigenvalue weighted by atomic mass is 9.79. The highest BCUT2D eigenvalue weighted by molar-refractivity contribution is 6.01. The Bertz CT molecular complexity index is 2240. The number of carbonyl (C=O) groups excluding carboxylic acids is 2. The smallest absolute Gasteiger partial charge is 0.262 e. The molecule has 8 rings (SSSR count). The molecular formula is C40H44F2N12O2. The minimum Gasteiger partial charge on any atom is -0.377 e. The molecule has 1 aliphatic carbocycles. The van der Waals surface area contributed by atoms with E-state index in [0.717, 1.165) is 88.7 Å². The molecule has 0 radical (unpaired) electrons. The van der Waals surface area contributed by atoms with E-state index >= 15 is 0 Å². The van der Waals surface area contributed by atoms with Gasteiger partial charge in [-0.25, -0.2) is 23.4 Å². The Morgan fingerprint density at radius 1 is 0.982 bits per heavy atom. The van der Waals surface area contributed by atoms with Gasteiger partial charge in [0.15, 0.2) is 11.5 Å². The lowest BCUT2D eigenvalue weighted by molar-refractivity contribution is -0.134. The Hall–Kier alpha value is -5.82. The van der Waals surface area contributed by atoms with Crippen LogP contribution in [0.1, 0.15) is 80.5 Å². The zero-order valence-corrected chi connectivity index (χ0v) is 31.2. The number of alkyl halides is 2. The van der Waals surface area contributed by atoms with E-state index in [2.05, 4.69) is 64.0 Å². The lowest BCUT2D eigenvalue weighted by Gasteiger charge is -2.37. The van der Waals surface area contributed by atoms with E-state index in [9.17, 15) is 23.6 Å². The van der Waals surface area contributed by atoms with Gasteiger partial charge in [-0.3, -0.25) is 19.8 Å². The molecule has 0 spiro atoms. The molecule has 1 saturated carbocycles. The molecule has 1 unspecified atom stereocenters. The standard InChI is InChI=1S/C40H44F2N12O2/c1-40(41,42)25-46-33-19-36(54-38-30(22-47-54)18-27(20-43)21-45-38)44-23-35(33)53-24-34(49-50-53)29-4-2-26(3-5-29)12-13-51-14-16-52(17-15-51)31-8-6-28(7-9-31)32-10-11-37(55)48-39(32)56/h6-9,18-19,21-24,26,29,32H,2-5,10-17,25H2,1H3,(H,44,46)(H,48,55,56). The fraction of sp³-hybridized carbons (Fsp3) is 0.450. The normalized spacial score (nSPS) is 20.9. The molecule has 6 heterocycles. The molecule has 14 nitrogen and oxygen atoms in total. The van der Waals surface area contributed by atoms with Gasteiger partial charge >= 0.3 is 0 Å². The number of aromatic nitrogens is 7. The number of hydrogen-bond donors (Lipinski definition) is 2. The zero-order valence-electron chi connectivity index (χ0n) is 31.2. The first kappa shape index (κ1) is 37.1. The molecule has 290 valence electrons. The third-order valence-corrected chi connectivity index (χ3v) is 11.4. The van der Waals surface area contributed by atoms with Crippen molar-refractivity contribution in [2.45, 2.75) is 69.6 Å². The van der Waals surface area contributed by atoms with Crippen LogP contribution in [0.5, 0.6) is 0 Å². The molecular weight excluding hydrogens is 719 g/mol. The first-order valence-corrected chi connectivity index (χ1v) is 19.3. The molecule has 4 aromatic heterocycles. The van der Waals surface area contributed by atoms with Gasteiger partial charge in [0.05, 0.1) is 48.0 Å². The number of pyridine rings is 2. The number of amides is 2. The Morgan fingerprint density at radius 2 is 1.77 bits per heavy atom. The number of nitriles is 1. The van der Waals surface area contributed by atoms with E-state index in [4.69, 9.17) is 0 Å². The van der Waals surface area contributed by atoms with Gasteiger partial charge in [0.25, 0.3) is 5.92 Å². The second-order valence-corrected chi connectivity index (χ2v) is 15.3. The average Bonchev–Trinajstić information content (AvgIpc) is 3.87. The maximum Gasteiger partial charge on any atom is 0.262 e. The summed E-state index contributed by atoms with van der Waals surface area (Å²) in [6, 6.07) is 13.6. The van der Waals surface area contributed by atoms with E-state index in [0.29, 0.717) is 52.5 Å². The SMILES string of the molecule is CC(F)(F)CNc1cc(-n2ncc3cc(C#N)cnc32)ncc1-n1cc(C2CCC(CCN3CCN(c4ccc(C5CCC(=O)NC5=O)cc4)CC3)CC2)nn1. The predicted octanol–water partition coefficient (Wildman–Crippen LogP) is 5.34. The number of hydrogen-bond acceptors (Lipinski definition) is 11. The second-order valence-electron chi connectivity index (χ2n) is 15.3. The number of carbonyl (C=O) groups is 2. The Balaban J connectivity index is 0.841. The number of benzene rings is 1. The van der Waals surface area contributed by atoms with Gasteiger partial charge in [0.1, 0.15) is 11.8 Å². The molecule has 3 aliphatic rings. The van der Waals surface area contributed by atoms with Crippen molar-refractivity contribution in [2.75, 3.05) is 49.5 Å². The number of nitrogens with zero attached hydrogens (tertiary/aromatic N) is 10. The van der Waals surface area contributed by atoms with Gasteiger partial charge in [-0.2, -0.15) is 15.0 Å². The molecule has 5 aromatic rings. The van der Waals surface area contributed by atoms with E-state index in [1.807, 2.05) is 18.3 Å². The molecule has 2 aliphatic heterocycles. The second kappa shape index (κ2) is 15.7. The number of piperazine rings is 1. The Kier molecular flexibility index (Phi) is 10.4. The summed E-state index contributed by atoms with van der Waals surface area (Å²) in [5, 5.41) is 28.5. The van der Waals surface area contributed by atoms with Crippen molar-refractivity contribution in [3.63, 3.8) is 0 Å². The van der Waals surface area contributed by atoms with Crippen LogP contribution in [0.25, 0.3) is 22.5 Å². The molecule has 2 N–H and O–H groups in total. The molecule has 0 bridgehead atoms. The summed E-state index contributed by atoms with van der Waals surface area (Å²) in [6.07, 6.45) is 12.9. The number of piperidine rings is 1. The van der Waals surface area contributed by atoms with Crippen LogP contribution in [-0.2, 0) is 9.59 Å². The van der Waals surface area contributed by atoms with Crippen LogP contribution in [0.4, 0.5) is 20.2 Å². The molecule has 1 aromatic carbocycles. The maximum absolute atomic E-state index is 14.0. The third kappa shape index (κ3) is 8.23. The first-order valence-electron chi connectivity index (χ1n) is 19.3. The Morgan fingerprint density at radius 3 is 2.50 bits per heavy atom. The van der Waals surface area contributed by atoms with Crippen molar-refractivity contribution < 1.29 is 18.4 Å². The summed E-state index contributed by atoms with van der Waals surface area (Å²) in [5.41, 5.74) is 4.80. The molecule has 1 atom stereocenters. The van der Waals surface area contributed by atoms with Crippen molar-refractivity contribution in [1.29, 1.82) is 5.26 Å². The monoisotopic (exact) mass is 762 g/mol. The lowest BCUT2D eigenvalue weighted by Crippen LogP contribution is -2.47. The number of nitrogens with one attached hydrogen (secondary N) is 2. The van der Waals surface area contributed by atoms with Crippen LogP contribution in [-0.4, -0.2) is 96.6 Å². The molecule has 16 heteroatoms. The number of imide groups is 1. The summed E-state index contributed by atoms with van der Waals surface area (Å²) in [7, 11) is 0. The van der Waals surface area contributed by atoms with Crippen molar-refractivity contribution in [2.24, 2.45) is 5.92 Å². The van der Waals surface area contributed by atoms with E-state index < -0.39 is 12.5 Å². The molecule has 3 fully saturated rings. The number of rotatable bonds is 11. The van der Waals surface area contributed by atoms with Gasteiger partial charge < -0.3 is 10.2 Å². The van der Waals surface area contributed by atoms with Crippen molar-refractivity contribution >= 4 is 34.2 Å². The van der Waals surface area contributed by atoms with Crippen molar-refractivity contribution in [3.05, 3.63) is 78.0 Å². The van der Waals surface area contributed by atoms with Crippen molar-refractivity contribution in [1.82, 2.24) is 45.0 Å². The van der Waals surface area contributed by atoms with Crippen LogP contribution >= 0.6 is 0 Å². The number of halogens is 2. The summed E-state index contributed by atoms with van der Waals surface area (Å²) >= 11 is 0. The predicted molar refractivity (Wildman–Crippen MR) is 205 cm³/mol. The van der Waals surface area contributed by atoms with Gasteiger partial charge in [-0.1, -0.05) is 17.3 Å². The van der Waals surface area contributed by atoms with Crippen LogP contribution in [0.15, 0.2) is 61.2 Å². The molecule has 2 amide bonds. The molecule has 56 heavy (non-hydrogen) atoms. The summed E-state index contributed by atoms with van der Waals surface area (Å²) < 4.78 is 31.1. The summed E-state index contributed by atoms with van der Waals surface area (Å²) in [6.45, 7) is 5.28. The quantitative estimate of drug-likeness (QED) is 0.167. The van der Waals surface area contributed by atoms with Gasteiger partial charge in [-0.05, 0) is 74.8 Å². The zero-order chi connectivity index (χ0) is 38.8. The largest absolute Gasteiger partial charge is 0.377 e. The van der Waals surface area contributed by atoms with Crippen LogP contribution in [0, 0.1) is 17.2 Å². The topological polar surface area (TPSA) is 163 Å². The summed E-state index contributed by atoms with van der Waals surface area (Å²) in [4.78, 5) is 37.7. The first-order chi connectivity index (χ1) is 27.1. The minimum absolute atomic E-state index is 0.193. The Labute approximate surface area is 322 Å². The fourth-order valence-electron chi connectivity index (χ4n) is 8.13. The molecule has 2 saturated heterocycles. The van der Waals surface area contributed by atoms with Crippen molar-refractivity contribution in [3.8, 4) is 17.6 Å². The van der Waals surface area contributed by atoms with E-state index in [1.165, 1.54) is 10.9 Å². The van der Waals surface area contributed by atoms with Crippen LogP contribution < -0.4 is 15.5 Å². The van der Waals surface area contributed by atoms with E-state index in [1.54, 1.807) is 29.2 Å². The fourth-order valence-corrected chi connectivity index (χ4v) is 8.13. The van der Waals surface area contributed by atoms with Gasteiger partial charge in [0.2, 0.25) is 11.8 Å². The van der Waals surface area contributed by atoms with Gasteiger partial charge in [-0.15, -0.1) is 5.10 Å². The number of fused-ring (bicyclic) bond motifs is 1. The van der Waals surface area contributed by atoms with Crippen LogP contribution in [0.3, 0.4) is 0 Å². The highest BCUT2D eigenvalue weighted by Crippen LogP contribution is 2.37. The van der Waals surface area contributed by atoms with Crippen LogP contribution in [0.2, 0.25) is 0 Å². The number of anilines is 2. The minimum atomic E-state index is -2.95. The highest BCUT2D eigenvalue weighted by atomic mass is 19.3. The highest BCUT2D eigenvalue weighted by Gasteiger charge is 2.29.